The van der Waals surface area contributed by atoms with E-state index in [1.807, 2.05) is 92.1 Å². The van der Waals surface area contributed by atoms with Crippen molar-refractivity contribution < 1.29 is 33.8 Å². The summed E-state index contributed by atoms with van der Waals surface area (Å²) in [6, 6.07) is 40.1. The van der Waals surface area contributed by atoms with Crippen LogP contribution >= 0.6 is 0 Å². The number of nitro benzene ring substituents is 1. The zero-order valence-corrected chi connectivity index (χ0v) is 40.0. The highest BCUT2D eigenvalue weighted by Crippen LogP contribution is 2.40. The lowest BCUT2D eigenvalue weighted by atomic mass is 10.0. The minimum absolute atomic E-state index is 0.211. The molecule has 17 heteroatoms. The number of hydrogen-bond donors (Lipinski definition) is 3. The second-order valence-corrected chi connectivity index (χ2v) is 16.1. The molecule has 0 radical (unpaired) electrons. The van der Waals surface area contributed by atoms with Gasteiger partial charge in [-0.25, -0.2) is 4.79 Å². The van der Waals surface area contributed by atoms with Gasteiger partial charge >= 0.3 is 11.4 Å². The Morgan fingerprint density at radius 1 is 0.583 bits per heavy atom. The highest BCUT2D eigenvalue weighted by molar-refractivity contribution is 5.98. The van der Waals surface area contributed by atoms with E-state index >= 15 is 0 Å². The third-order valence-electron chi connectivity index (χ3n) is 12.4. The molecule has 0 saturated carbocycles. The van der Waals surface area contributed by atoms with Crippen LogP contribution in [0, 0.1) is 44.1 Å². The molecule has 4 aromatic heterocycles. The van der Waals surface area contributed by atoms with Crippen LogP contribution in [0.2, 0.25) is 0 Å². The van der Waals surface area contributed by atoms with Crippen LogP contribution in [0.15, 0.2) is 124 Å². The minimum atomic E-state index is -0.646. The van der Waals surface area contributed by atoms with Gasteiger partial charge < -0.3 is 42.5 Å². The zero-order valence-electron chi connectivity index (χ0n) is 40.0. The Morgan fingerprint density at radius 3 is 1.39 bits per heavy atom. The number of aryl methyl sites for hydroxylation is 3. The van der Waals surface area contributed by atoms with E-state index in [1.165, 1.54) is 12.1 Å². The maximum Gasteiger partial charge on any atom is 0.417 e. The largest absolute Gasteiger partial charge is 0.508 e. The fraction of sp³-hybridized carbons (Fsp3) is 0.164. The number of nitriles is 3. The first kappa shape index (κ1) is 48.5. The summed E-state index contributed by atoms with van der Waals surface area (Å²) in [5.41, 5.74) is 9.62. The van der Waals surface area contributed by atoms with Crippen molar-refractivity contribution in [1.29, 1.82) is 15.8 Å². The number of ether oxygens (including phenoxy) is 3. The van der Waals surface area contributed by atoms with Crippen molar-refractivity contribution in [2.45, 2.75) is 40.4 Å². The Bertz CT molecular complexity index is 3910. The van der Waals surface area contributed by atoms with E-state index in [0.717, 1.165) is 73.3 Å². The first-order chi connectivity index (χ1) is 34.9. The Labute approximate surface area is 411 Å². The second kappa shape index (κ2) is 20.4. The van der Waals surface area contributed by atoms with Crippen molar-refractivity contribution in [1.82, 2.24) is 18.7 Å². The molecular weight excluding hydrogens is 917 g/mol. The third-order valence-corrected chi connectivity index (χ3v) is 12.4. The van der Waals surface area contributed by atoms with Gasteiger partial charge in [-0.05, 0) is 117 Å². The smallest absolute Gasteiger partial charge is 0.417 e. The first-order valence-electron chi connectivity index (χ1n) is 22.6. The van der Waals surface area contributed by atoms with Crippen molar-refractivity contribution in [3.63, 3.8) is 0 Å². The van der Waals surface area contributed by atoms with Crippen LogP contribution in [-0.2, 0) is 19.6 Å². The summed E-state index contributed by atoms with van der Waals surface area (Å²) in [5.74, 6) is 1.48. The molecule has 4 heterocycles. The number of nitrogens with one attached hydrogen (secondary N) is 1. The Balaban J connectivity index is 0.000000145. The molecule has 0 spiro atoms. The van der Waals surface area contributed by atoms with Gasteiger partial charge in [0, 0.05) is 71.2 Å². The molecule has 6 aromatic carbocycles. The maximum atomic E-state index is 11.4. The van der Waals surface area contributed by atoms with Crippen LogP contribution in [0.3, 0.4) is 0 Å². The zero-order chi connectivity index (χ0) is 51.4. The molecule has 10 aromatic rings. The number of fused-ring (bicyclic) bond motifs is 4. The lowest BCUT2D eigenvalue weighted by Crippen LogP contribution is -1.98. The minimum Gasteiger partial charge on any atom is -0.508 e. The number of nitro groups is 1. The lowest BCUT2D eigenvalue weighted by molar-refractivity contribution is -0.385. The van der Waals surface area contributed by atoms with Gasteiger partial charge in [-0.1, -0.05) is 0 Å². The molecule has 72 heavy (non-hydrogen) atoms. The van der Waals surface area contributed by atoms with Gasteiger partial charge in [-0.3, -0.25) is 15.1 Å². The molecule has 0 aliphatic heterocycles. The Morgan fingerprint density at radius 2 is 0.986 bits per heavy atom. The van der Waals surface area contributed by atoms with E-state index in [9.17, 15) is 40.9 Å². The third kappa shape index (κ3) is 8.72. The van der Waals surface area contributed by atoms with Crippen molar-refractivity contribution in [2.24, 2.45) is 0 Å². The number of phenolic OH excluding ortho intramolecular Hbond substituents is 2. The first-order valence-corrected chi connectivity index (χ1v) is 22.6. The predicted molar refractivity (Wildman–Crippen MR) is 273 cm³/mol. The van der Waals surface area contributed by atoms with Crippen LogP contribution in [-0.4, -0.2) is 55.2 Å². The van der Waals surface area contributed by atoms with Crippen LogP contribution in [0.25, 0.3) is 77.6 Å². The Kier molecular flexibility index (Phi) is 13.7. The van der Waals surface area contributed by atoms with Crippen LogP contribution in [0.1, 0.15) is 37.5 Å². The van der Waals surface area contributed by atoms with E-state index in [4.69, 9.17) is 18.6 Å². The Hall–Kier alpha value is -9.92. The van der Waals surface area contributed by atoms with Gasteiger partial charge in [0.25, 0.3) is 0 Å². The molecule has 0 aliphatic carbocycles. The average molecular weight is 963 g/mol. The number of phenols is 2. The van der Waals surface area contributed by atoms with Gasteiger partial charge in [0.2, 0.25) is 0 Å². The summed E-state index contributed by atoms with van der Waals surface area (Å²) in [7, 11) is 4.82. The summed E-state index contributed by atoms with van der Waals surface area (Å²) < 4.78 is 27.0. The molecule has 10 rings (SSSR count). The molecule has 360 valence electrons. The number of methoxy groups -OCH3 is 3. The fourth-order valence-corrected chi connectivity index (χ4v) is 9.13. The molecule has 3 N–H and O–H groups in total. The number of aromatic hydroxyl groups is 2. The molecule has 17 nitrogen and oxygen atoms in total. The van der Waals surface area contributed by atoms with Gasteiger partial charge in [0.15, 0.2) is 11.3 Å². The number of hydrogen-bond acceptors (Lipinski definition) is 12. The van der Waals surface area contributed by atoms with E-state index in [-0.39, 0.29) is 5.75 Å². The highest BCUT2D eigenvalue weighted by atomic mass is 16.6. The second-order valence-electron chi connectivity index (χ2n) is 16.1. The summed E-state index contributed by atoms with van der Waals surface area (Å²) in [5, 5.41) is 61.9. The van der Waals surface area contributed by atoms with E-state index in [2.05, 4.69) is 32.3 Å². The van der Waals surface area contributed by atoms with Gasteiger partial charge in [0.1, 0.15) is 41.2 Å². The number of H-pyrrole nitrogens is 1. The standard InChI is InChI=1S/C19H15N3O3.C18H15N3O4.C18H16N2O2/c1-3-22-16-9-12(24-2)5-6-13(16)14(10-20)18(22)11-4-7-17-15(8-11)21-19(23)25-17;1-3-20-15-9-12(25-2)5-6-13(15)14(10-19)18(20)11-4-7-17(22)16(8-11)21(23)24;1-3-20-17-10-14(22-2)8-9-15(17)16(11-19)18(20)12-4-6-13(21)7-5-12/h4-9H,3H2,1-2H3,(H,21,23);4-9,22H,3H2,1-2H3;4-10,21H,3H2,1-2H3. The SMILES string of the molecule is CCn1c(-c2ccc(O)c([N+](=O)[O-])c2)c(C#N)c2ccc(OC)cc21.CCn1c(-c2ccc(O)cc2)c(C#N)c2ccc(OC)cc21.CCn1c(-c2ccc3oc(=O)[nH]c3c2)c(C#N)c2ccc(OC)cc21. The summed E-state index contributed by atoms with van der Waals surface area (Å²) in [6.07, 6.45) is 0. The monoisotopic (exact) mass is 962 g/mol. The number of nitrogens with zero attached hydrogens (tertiary/aromatic N) is 7. The fourth-order valence-electron chi connectivity index (χ4n) is 9.13. The predicted octanol–water partition coefficient (Wildman–Crippen LogP) is 11.4. The molecule has 0 unspecified atom stereocenters. The lowest BCUT2D eigenvalue weighted by Gasteiger charge is -2.09. The number of aromatic amines is 1. The van der Waals surface area contributed by atoms with Gasteiger partial charge in [-0.15, -0.1) is 0 Å². The summed E-state index contributed by atoms with van der Waals surface area (Å²) in [6.45, 7) is 8.00. The number of aromatic nitrogens is 4. The van der Waals surface area contributed by atoms with E-state index < -0.39 is 22.1 Å². The molecule has 0 bridgehead atoms. The summed E-state index contributed by atoms with van der Waals surface area (Å²) >= 11 is 0. The van der Waals surface area contributed by atoms with Crippen molar-refractivity contribution in [3.05, 3.63) is 153 Å². The molecular formula is C55H46N8O9. The highest BCUT2D eigenvalue weighted by Gasteiger charge is 2.23. The van der Waals surface area contributed by atoms with Crippen LogP contribution in [0.5, 0.6) is 28.7 Å². The molecule has 0 fully saturated rings. The van der Waals surface area contributed by atoms with Crippen molar-refractivity contribution in [3.8, 4) is 80.7 Å². The molecule has 0 amide bonds. The summed E-state index contributed by atoms with van der Waals surface area (Å²) in [4.78, 5) is 24.5. The van der Waals surface area contributed by atoms with Crippen LogP contribution < -0.4 is 20.0 Å². The number of rotatable bonds is 10. The van der Waals surface area contributed by atoms with Crippen molar-refractivity contribution >= 4 is 49.5 Å². The molecule has 0 aliphatic rings. The van der Waals surface area contributed by atoms with E-state index in [1.54, 1.807) is 57.7 Å². The normalized spacial score (nSPS) is 10.8. The molecule has 0 saturated heterocycles. The topological polar surface area (TPSA) is 243 Å². The van der Waals surface area contributed by atoms with Gasteiger partial charge in [-0.2, -0.15) is 15.8 Å². The quantitative estimate of drug-likeness (QED) is 0.0856. The number of benzene rings is 6. The van der Waals surface area contributed by atoms with Crippen molar-refractivity contribution in [2.75, 3.05) is 21.3 Å². The number of oxazole rings is 1. The molecule has 0 atom stereocenters. The maximum absolute atomic E-state index is 11.4. The average Bonchev–Trinajstić information content (AvgIpc) is 4.14. The van der Waals surface area contributed by atoms with E-state index in [0.29, 0.717) is 57.9 Å². The van der Waals surface area contributed by atoms with Gasteiger partial charge in [0.05, 0.1) is 82.1 Å². The van der Waals surface area contributed by atoms with Crippen LogP contribution in [0.4, 0.5) is 5.69 Å².